The standard InChI is InChI=1S/C23H27NO4/c1-5-9-28-23-21(25-3)11-16(12-22(23)26-4)10-17-14-24-15-18-13-19(27-6-2)7-8-20(17)18/h7-8,11-15H,5-6,9-10H2,1-4H3. The van der Waals surface area contributed by atoms with Crippen LogP contribution in [0.1, 0.15) is 31.4 Å². The van der Waals surface area contributed by atoms with Crippen molar-refractivity contribution in [2.24, 2.45) is 0 Å². The molecule has 0 amide bonds. The minimum Gasteiger partial charge on any atom is -0.494 e. The van der Waals surface area contributed by atoms with Crippen LogP contribution in [-0.4, -0.2) is 32.4 Å². The minimum absolute atomic E-state index is 0.613. The van der Waals surface area contributed by atoms with E-state index in [1.165, 1.54) is 0 Å². The van der Waals surface area contributed by atoms with Crippen molar-refractivity contribution < 1.29 is 18.9 Å². The fraction of sp³-hybridized carbons (Fsp3) is 0.348. The maximum atomic E-state index is 5.83. The maximum Gasteiger partial charge on any atom is 0.203 e. The van der Waals surface area contributed by atoms with Crippen LogP contribution in [0.15, 0.2) is 42.7 Å². The normalized spacial score (nSPS) is 10.7. The summed E-state index contributed by atoms with van der Waals surface area (Å²) in [6.45, 7) is 5.30. The first-order valence-electron chi connectivity index (χ1n) is 9.57. The highest BCUT2D eigenvalue weighted by Crippen LogP contribution is 2.39. The first-order chi connectivity index (χ1) is 13.7. The Morgan fingerprint density at radius 3 is 2.29 bits per heavy atom. The van der Waals surface area contributed by atoms with Crippen molar-refractivity contribution in [3.63, 3.8) is 0 Å². The zero-order chi connectivity index (χ0) is 19.9. The second-order valence-corrected chi connectivity index (χ2v) is 6.47. The van der Waals surface area contributed by atoms with E-state index in [1.54, 1.807) is 14.2 Å². The predicted molar refractivity (Wildman–Crippen MR) is 111 cm³/mol. The molecule has 5 heteroatoms. The van der Waals surface area contributed by atoms with Crippen LogP contribution in [0.2, 0.25) is 0 Å². The highest BCUT2D eigenvalue weighted by molar-refractivity contribution is 5.86. The molecule has 0 unspecified atom stereocenters. The number of rotatable bonds is 9. The summed E-state index contributed by atoms with van der Waals surface area (Å²) >= 11 is 0. The Labute approximate surface area is 166 Å². The smallest absolute Gasteiger partial charge is 0.203 e. The number of nitrogens with zero attached hydrogens (tertiary/aromatic N) is 1. The van der Waals surface area contributed by atoms with Gasteiger partial charge in [-0.3, -0.25) is 4.98 Å². The van der Waals surface area contributed by atoms with E-state index in [0.717, 1.165) is 34.1 Å². The average molecular weight is 381 g/mol. The summed E-state index contributed by atoms with van der Waals surface area (Å²) in [5.41, 5.74) is 2.20. The Hall–Kier alpha value is -2.95. The van der Waals surface area contributed by atoms with Gasteiger partial charge in [0, 0.05) is 17.8 Å². The van der Waals surface area contributed by atoms with Gasteiger partial charge in [-0.25, -0.2) is 0 Å². The van der Waals surface area contributed by atoms with Crippen LogP contribution >= 0.6 is 0 Å². The van der Waals surface area contributed by atoms with Crippen molar-refractivity contribution in [2.45, 2.75) is 26.7 Å². The van der Waals surface area contributed by atoms with E-state index >= 15 is 0 Å². The van der Waals surface area contributed by atoms with Gasteiger partial charge in [-0.2, -0.15) is 0 Å². The maximum absolute atomic E-state index is 5.83. The molecule has 0 bridgehead atoms. The van der Waals surface area contributed by atoms with Crippen molar-refractivity contribution in [3.8, 4) is 23.0 Å². The summed E-state index contributed by atoms with van der Waals surface area (Å²) in [4.78, 5) is 4.41. The molecule has 3 rings (SSSR count). The molecule has 0 aliphatic rings. The van der Waals surface area contributed by atoms with Gasteiger partial charge in [0.05, 0.1) is 27.4 Å². The van der Waals surface area contributed by atoms with Crippen LogP contribution in [0.4, 0.5) is 0 Å². The summed E-state index contributed by atoms with van der Waals surface area (Å²) in [7, 11) is 3.29. The number of aromatic nitrogens is 1. The molecular formula is C23H27NO4. The lowest BCUT2D eigenvalue weighted by atomic mass is 10.00. The number of hydrogen-bond acceptors (Lipinski definition) is 5. The van der Waals surface area contributed by atoms with Crippen LogP contribution in [0.3, 0.4) is 0 Å². The van der Waals surface area contributed by atoms with Gasteiger partial charge < -0.3 is 18.9 Å². The van der Waals surface area contributed by atoms with Crippen molar-refractivity contribution in [1.29, 1.82) is 0 Å². The number of fused-ring (bicyclic) bond motifs is 1. The third-order valence-electron chi connectivity index (χ3n) is 4.49. The van der Waals surface area contributed by atoms with E-state index in [0.29, 0.717) is 36.9 Å². The third-order valence-corrected chi connectivity index (χ3v) is 4.49. The zero-order valence-corrected chi connectivity index (χ0v) is 17.0. The van der Waals surface area contributed by atoms with Crippen molar-refractivity contribution in [2.75, 3.05) is 27.4 Å². The highest BCUT2D eigenvalue weighted by Gasteiger charge is 2.15. The number of pyridine rings is 1. The molecule has 0 aliphatic heterocycles. The first kappa shape index (κ1) is 19.8. The van der Waals surface area contributed by atoms with Gasteiger partial charge in [0.25, 0.3) is 0 Å². The van der Waals surface area contributed by atoms with Crippen LogP contribution in [0.5, 0.6) is 23.0 Å². The van der Waals surface area contributed by atoms with Crippen molar-refractivity contribution >= 4 is 10.8 Å². The quantitative estimate of drug-likeness (QED) is 0.520. The van der Waals surface area contributed by atoms with Gasteiger partial charge in [-0.15, -0.1) is 0 Å². The second kappa shape index (κ2) is 9.31. The molecule has 0 atom stereocenters. The minimum atomic E-state index is 0.613. The van der Waals surface area contributed by atoms with Crippen LogP contribution in [-0.2, 0) is 6.42 Å². The Morgan fingerprint density at radius 1 is 0.893 bits per heavy atom. The lowest BCUT2D eigenvalue weighted by molar-refractivity contribution is 0.274. The molecule has 28 heavy (non-hydrogen) atoms. The number of ether oxygens (including phenoxy) is 4. The fourth-order valence-electron chi connectivity index (χ4n) is 3.22. The molecule has 1 heterocycles. The molecule has 2 aromatic carbocycles. The number of methoxy groups -OCH3 is 2. The highest BCUT2D eigenvalue weighted by atomic mass is 16.5. The monoisotopic (exact) mass is 381 g/mol. The predicted octanol–water partition coefficient (Wildman–Crippen LogP) is 5.03. The number of benzene rings is 2. The van der Waals surface area contributed by atoms with E-state index in [2.05, 4.69) is 18.0 Å². The molecular weight excluding hydrogens is 354 g/mol. The Balaban J connectivity index is 1.97. The van der Waals surface area contributed by atoms with E-state index in [4.69, 9.17) is 18.9 Å². The van der Waals surface area contributed by atoms with E-state index in [1.807, 2.05) is 43.6 Å². The molecule has 0 radical (unpaired) electrons. The summed E-state index contributed by atoms with van der Waals surface area (Å²) in [6.07, 6.45) is 5.39. The molecule has 0 saturated heterocycles. The van der Waals surface area contributed by atoms with Gasteiger partial charge in [-0.1, -0.05) is 13.0 Å². The van der Waals surface area contributed by atoms with E-state index < -0.39 is 0 Å². The molecule has 0 spiro atoms. The zero-order valence-electron chi connectivity index (χ0n) is 17.0. The Morgan fingerprint density at radius 2 is 1.64 bits per heavy atom. The lowest BCUT2D eigenvalue weighted by Gasteiger charge is -2.16. The average Bonchev–Trinajstić information content (AvgIpc) is 2.72. The van der Waals surface area contributed by atoms with Gasteiger partial charge in [-0.05, 0) is 60.5 Å². The molecule has 0 saturated carbocycles. The van der Waals surface area contributed by atoms with E-state index in [9.17, 15) is 0 Å². The van der Waals surface area contributed by atoms with Gasteiger partial charge >= 0.3 is 0 Å². The summed E-state index contributed by atoms with van der Waals surface area (Å²) < 4.78 is 22.6. The van der Waals surface area contributed by atoms with Gasteiger partial charge in [0.1, 0.15) is 5.75 Å². The number of hydrogen-bond donors (Lipinski definition) is 0. The molecule has 0 fully saturated rings. The Bertz CT molecular complexity index is 914. The van der Waals surface area contributed by atoms with Gasteiger partial charge in [0.2, 0.25) is 5.75 Å². The topological polar surface area (TPSA) is 49.8 Å². The van der Waals surface area contributed by atoms with Gasteiger partial charge in [0.15, 0.2) is 11.5 Å². The molecule has 0 N–H and O–H groups in total. The van der Waals surface area contributed by atoms with E-state index in [-0.39, 0.29) is 0 Å². The molecule has 5 nitrogen and oxygen atoms in total. The summed E-state index contributed by atoms with van der Waals surface area (Å²) in [5, 5.41) is 2.22. The van der Waals surface area contributed by atoms with Crippen LogP contribution in [0.25, 0.3) is 10.8 Å². The first-order valence-corrected chi connectivity index (χ1v) is 9.57. The SMILES string of the molecule is CCCOc1c(OC)cc(Cc2cncc3cc(OCC)ccc23)cc1OC. The Kier molecular flexibility index (Phi) is 6.58. The molecule has 148 valence electrons. The van der Waals surface area contributed by atoms with Crippen molar-refractivity contribution in [3.05, 3.63) is 53.9 Å². The molecule has 1 aromatic heterocycles. The van der Waals surface area contributed by atoms with Crippen LogP contribution < -0.4 is 18.9 Å². The lowest BCUT2D eigenvalue weighted by Crippen LogP contribution is -2.02. The second-order valence-electron chi connectivity index (χ2n) is 6.47. The third kappa shape index (κ3) is 4.30. The molecule has 0 aliphatic carbocycles. The summed E-state index contributed by atoms with van der Waals surface area (Å²) in [5.74, 6) is 2.85. The largest absolute Gasteiger partial charge is 0.494 e. The van der Waals surface area contributed by atoms with Crippen LogP contribution in [0, 0.1) is 0 Å². The fourth-order valence-corrected chi connectivity index (χ4v) is 3.22. The van der Waals surface area contributed by atoms with Crippen molar-refractivity contribution in [1.82, 2.24) is 4.98 Å². The molecule has 3 aromatic rings. The summed E-state index contributed by atoms with van der Waals surface area (Å²) in [6, 6.07) is 10.1.